The number of H-pyrrole nitrogens is 1. The predicted molar refractivity (Wildman–Crippen MR) is 76.4 cm³/mol. The van der Waals surface area contributed by atoms with Crippen LogP contribution in [0.5, 0.6) is 11.5 Å². The lowest BCUT2D eigenvalue weighted by Crippen LogP contribution is -2.12. The first-order chi connectivity index (χ1) is 9.63. The van der Waals surface area contributed by atoms with Crippen molar-refractivity contribution in [3.05, 3.63) is 46.5 Å². The number of anilines is 1. The molecule has 6 nitrogen and oxygen atoms in total. The minimum atomic E-state index is -0.193. The highest BCUT2D eigenvalue weighted by atomic mass is 16.5. The molecule has 0 amide bonds. The quantitative estimate of drug-likeness (QED) is 0.872. The second-order valence-electron chi connectivity index (χ2n) is 4.28. The van der Waals surface area contributed by atoms with E-state index in [1.165, 1.54) is 12.4 Å². The summed E-state index contributed by atoms with van der Waals surface area (Å²) in [6.07, 6.45) is 1.37. The molecule has 0 bridgehead atoms. The third-order valence-corrected chi connectivity index (χ3v) is 2.95. The number of rotatable bonds is 5. The molecule has 1 heterocycles. The largest absolute Gasteiger partial charge is 0.493 e. The van der Waals surface area contributed by atoms with E-state index in [1.807, 2.05) is 25.1 Å². The fraction of sp³-hybridized carbons (Fsp3) is 0.286. The van der Waals surface area contributed by atoms with Crippen molar-refractivity contribution < 1.29 is 9.47 Å². The van der Waals surface area contributed by atoms with Gasteiger partial charge in [0.25, 0.3) is 5.56 Å². The normalized spacial score (nSPS) is 11.8. The fourth-order valence-corrected chi connectivity index (χ4v) is 1.87. The Morgan fingerprint density at radius 2 is 1.95 bits per heavy atom. The van der Waals surface area contributed by atoms with Crippen molar-refractivity contribution in [3.63, 3.8) is 0 Å². The highest BCUT2D eigenvalue weighted by Crippen LogP contribution is 2.30. The van der Waals surface area contributed by atoms with Gasteiger partial charge in [0.05, 0.1) is 26.6 Å². The minimum absolute atomic E-state index is 0.0240. The van der Waals surface area contributed by atoms with E-state index in [1.54, 1.807) is 14.2 Å². The van der Waals surface area contributed by atoms with Gasteiger partial charge in [-0.15, -0.1) is 0 Å². The van der Waals surface area contributed by atoms with Crippen LogP contribution in [0, 0.1) is 0 Å². The Hall–Kier alpha value is -2.50. The summed E-state index contributed by atoms with van der Waals surface area (Å²) >= 11 is 0. The highest BCUT2D eigenvalue weighted by Gasteiger charge is 2.10. The molecule has 2 N–H and O–H groups in total. The van der Waals surface area contributed by atoms with Gasteiger partial charge in [-0.05, 0) is 24.6 Å². The first-order valence-electron chi connectivity index (χ1n) is 6.17. The molecule has 1 aromatic heterocycles. The van der Waals surface area contributed by atoms with Gasteiger partial charge in [-0.3, -0.25) is 4.79 Å². The standard InChI is InChI=1S/C14H17N3O3/c1-9(17-13-7-14(18)16-8-15-13)10-4-5-11(19-2)12(6-10)20-3/h4-9H,1-3H3,(H2,15,16,17,18). The molecule has 0 fully saturated rings. The lowest BCUT2D eigenvalue weighted by molar-refractivity contribution is 0.354. The molecule has 2 aromatic rings. The summed E-state index contributed by atoms with van der Waals surface area (Å²) < 4.78 is 10.5. The molecule has 0 aliphatic heterocycles. The molecule has 0 aliphatic carbocycles. The van der Waals surface area contributed by atoms with Crippen LogP contribution in [0.1, 0.15) is 18.5 Å². The third kappa shape index (κ3) is 3.09. The number of nitrogens with zero attached hydrogens (tertiary/aromatic N) is 1. The van der Waals surface area contributed by atoms with Gasteiger partial charge in [-0.2, -0.15) is 0 Å². The van der Waals surface area contributed by atoms with E-state index in [0.29, 0.717) is 17.3 Å². The van der Waals surface area contributed by atoms with Crippen LogP contribution in [-0.4, -0.2) is 24.2 Å². The molecule has 1 unspecified atom stereocenters. The van der Waals surface area contributed by atoms with E-state index >= 15 is 0 Å². The fourth-order valence-electron chi connectivity index (χ4n) is 1.87. The van der Waals surface area contributed by atoms with Crippen molar-refractivity contribution in [2.24, 2.45) is 0 Å². The summed E-state index contributed by atoms with van der Waals surface area (Å²) in [5, 5.41) is 3.16. The second kappa shape index (κ2) is 6.10. The van der Waals surface area contributed by atoms with E-state index in [0.717, 1.165) is 5.56 Å². The van der Waals surface area contributed by atoms with Crippen LogP contribution in [0.25, 0.3) is 0 Å². The number of hydrogen-bond acceptors (Lipinski definition) is 5. The van der Waals surface area contributed by atoms with Gasteiger partial charge < -0.3 is 19.8 Å². The molecular weight excluding hydrogens is 258 g/mol. The maximum atomic E-state index is 11.2. The average Bonchev–Trinajstić information content (AvgIpc) is 2.46. The predicted octanol–water partition coefficient (Wildman–Crippen LogP) is 1.96. The second-order valence-corrected chi connectivity index (χ2v) is 4.28. The number of benzene rings is 1. The van der Waals surface area contributed by atoms with Crippen LogP contribution in [0.2, 0.25) is 0 Å². The topological polar surface area (TPSA) is 76.2 Å². The third-order valence-electron chi connectivity index (χ3n) is 2.95. The van der Waals surface area contributed by atoms with Crippen LogP contribution in [0.4, 0.5) is 5.82 Å². The maximum Gasteiger partial charge on any atom is 0.252 e. The van der Waals surface area contributed by atoms with E-state index in [4.69, 9.17) is 9.47 Å². The molecule has 2 rings (SSSR count). The van der Waals surface area contributed by atoms with Crippen molar-refractivity contribution in [2.45, 2.75) is 13.0 Å². The zero-order chi connectivity index (χ0) is 14.5. The average molecular weight is 275 g/mol. The van der Waals surface area contributed by atoms with E-state index < -0.39 is 0 Å². The molecule has 106 valence electrons. The Balaban J connectivity index is 2.20. The summed E-state index contributed by atoms with van der Waals surface area (Å²) in [7, 11) is 3.19. The zero-order valence-electron chi connectivity index (χ0n) is 11.6. The van der Waals surface area contributed by atoms with Crippen molar-refractivity contribution in [3.8, 4) is 11.5 Å². The molecule has 0 spiro atoms. The lowest BCUT2D eigenvalue weighted by atomic mass is 10.1. The summed E-state index contributed by atoms with van der Waals surface area (Å²) in [4.78, 5) is 17.8. The van der Waals surface area contributed by atoms with Crippen molar-refractivity contribution >= 4 is 5.82 Å². The molecule has 0 radical (unpaired) electrons. The van der Waals surface area contributed by atoms with Gasteiger partial charge in [0.1, 0.15) is 5.82 Å². The number of aromatic nitrogens is 2. The summed E-state index contributed by atoms with van der Waals surface area (Å²) in [6.45, 7) is 1.98. The Kier molecular flexibility index (Phi) is 4.24. The lowest BCUT2D eigenvalue weighted by Gasteiger charge is -2.16. The highest BCUT2D eigenvalue weighted by molar-refractivity contribution is 5.45. The van der Waals surface area contributed by atoms with E-state index in [-0.39, 0.29) is 11.6 Å². The van der Waals surface area contributed by atoms with Crippen molar-refractivity contribution in [1.29, 1.82) is 0 Å². The van der Waals surface area contributed by atoms with Gasteiger partial charge in [-0.1, -0.05) is 6.07 Å². The number of methoxy groups -OCH3 is 2. The number of hydrogen-bond donors (Lipinski definition) is 2. The smallest absolute Gasteiger partial charge is 0.252 e. The number of aromatic amines is 1. The van der Waals surface area contributed by atoms with Gasteiger partial charge in [-0.25, -0.2) is 4.98 Å². The Bertz CT molecular complexity index is 640. The SMILES string of the molecule is COc1ccc(C(C)Nc2cc(=O)[nH]cn2)cc1OC. The zero-order valence-corrected chi connectivity index (χ0v) is 11.6. The number of ether oxygens (including phenoxy) is 2. The summed E-state index contributed by atoms with van der Waals surface area (Å²) in [5.74, 6) is 1.87. The Morgan fingerprint density at radius 1 is 1.20 bits per heavy atom. The molecule has 0 saturated heterocycles. The monoisotopic (exact) mass is 275 g/mol. The van der Waals surface area contributed by atoms with Crippen LogP contribution < -0.4 is 20.3 Å². The molecule has 1 atom stereocenters. The van der Waals surface area contributed by atoms with Gasteiger partial charge >= 0.3 is 0 Å². The van der Waals surface area contributed by atoms with Crippen molar-refractivity contribution in [2.75, 3.05) is 19.5 Å². The number of nitrogens with one attached hydrogen (secondary N) is 2. The van der Waals surface area contributed by atoms with Crippen LogP contribution in [0.15, 0.2) is 35.4 Å². The maximum absolute atomic E-state index is 11.2. The molecular formula is C14H17N3O3. The minimum Gasteiger partial charge on any atom is -0.493 e. The van der Waals surface area contributed by atoms with Crippen LogP contribution >= 0.6 is 0 Å². The molecule has 0 aliphatic rings. The molecule has 20 heavy (non-hydrogen) atoms. The summed E-state index contributed by atoms with van der Waals surface area (Å²) in [6, 6.07) is 7.06. The van der Waals surface area contributed by atoms with Gasteiger partial charge in [0.15, 0.2) is 11.5 Å². The van der Waals surface area contributed by atoms with Crippen LogP contribution in [-0.2, 0) is 0 Å². The molecule has 1 aromatic carbocycles. The molecule has 6 heteroatoms. The van der Waals surface area contributed by atoms with E-state index in [2.05, 4.69) is 15.3 Å². The van der Waals surface area contributed by atoms with E-state index in [9.17, 15) is 4.79 Å². The Labute approximate surface area is 116 Å². The first kappa shape index (κ1) is 13.9. The summed E-state index contributed by atoms with van der Waals surface area (Å²) in [5.41, 5.74) is 0.812. The van der Waals surface area contributed by atoms with Gasteiger partial charge in [0, 0.05) is 6.07 Å². The Morgan fingerprint density at radius 3 is 2.60 bits per heavy atom. The van der Waals surface area contributed by atoms with Crippen molar-refractivity contribution in [1.82, 2.24) is 9.97 Å². The molecule has 0 saturated carbocycles. The van der Waals surface area contributed by atoms with Gasteiger partial charge in [0.2, 0.25) is 0 Å². The van der Waals surface area contributed by atoms with Crippen LogP contribution in [0.3, 0.4) is 0 Å². The first-order valence-corrected chi connectivity index (χ1v) is 6.17.